The lowest BCUT2D eigenvalue weighted by atomic mass is 10.0. The normalized spacial score (nSPS) is 11.2. The van der Waals surface area contributed by atoms with Gasteiger partial charge in [0.05, 0.1) is 0 Å². The highest BCUT2D eigenvalue weighted by Crippen LogP contribution is 2.34. The highest BCUT2D eigenvalue weighted by Gasteiger charge is 2.14. The third-order valence-corrected chi connectivity index (χ3v) is 6.21. The topological polar surface area (TPSA) is 64.4 Å². The Balaban J connectivity index is 1.22. The maximum absolute atomic E-state index is 12.6. The van der Waals surface area contributed by atoms with Gasteiger partial charge in [-0.1, -0.05) is 72.3 Å². The molecule has 5 aromatic carbocycles. The lowest BCUT2D eigenvalue weighted by Gasteiger charge is -2.09. The number of carbonyl (C=O) groups excluding carboxylic acids is 1. The Bertz CT molecular complexity index is 1720. The molecule has 35 heavy (non-hydrogen) atoms. The first-order chi connectivity index (χ1) is 17.2. The van der Waals surface area contributed by atoms with Crippen molar-refractivity contribution in [1.29, 1.82) is 0 Å². The van der Waals surface area contributed by atoms with E-state index in [4.69, 9.17) is 20.8 Å². The number of fused-ring (bicyclic) bond motifs is 3. The van der Waals surface area contributed by atoms with Crippen LogP contribution in [0.3, 0.4) is 0 Å². The Labute approximate surface area is 205 Å². The van der Waals surface area contributed by atoms with Gasteiger partial charge in [-0.15, -0.1) is 0 Å². The fraction of sp³-hybridized carbons (Fsp3) is 0.0345. The van der Waals surface area contributed by atoms with Gasteiger partial charge in [-0.3, -0.25) is 4.79 Å². The molecule has 1 aromatic heterocycles. The molecule has 5 nitrogen and oxygen atoms in total. The standard InChI is InChI=1S/C29H19ClN2O3/c30-24-12-5-9-21-22(24)10-4-11-23(21)29-32-25-16-19(14-15-27(25)35-29)31-28(33)17-34-26-13-3-7-18-6-1-2-8-20(18)26/h1-16H,17H2,(H,31,33). The molecular formula is C29H19ClN2O3. The SMILES string of the molecule is O=C(COc1cccc2ccccc12)Nc1ccc2oc(-c3cccc4c(Cl)cccc34)nc2c1. The summed E-state index contributed by atoms with van der Waals surface area (Å²) in [6.07, 6.45) is 0. The van der Waals surface area contributed by atoms with Gasteiger partial charge < -0.3 is 14.5 Å². The molecule has 0 fully saturated rings. The van der Waals surface area contributed by atoms with Crippen LogP contribution in [0.1, 0.15) is 0 Å². The predicted molar refractivity (Wildman–Crippen MR) is 140 cm³/mol. The zero-order valence-corrected chi connectivity index (χ0v) is 19.3. The molecule has 0 aliphatic rings. The van der Waals surface area contributed by atoms with Gasteiger partial charge >= 0.3 is 0 Å². The number of carbonyl (C=O) groups is 1. The van der Waals surface area contributed by atoms with Gasteiger partial charge in [-0.25, -0.2) is 4.98 Å². The molecule has 0 bridgehead atoms. The van der Waals surface area contributed by atoms with E-state index in [1.54, 1.807) is 18.2 Å². The summed E-state index contributed by atoms with van der Waals surface area (Å²) in [6, 6.07) is 30.7. The second-order valence-electron chi connectivity index (χ2n) is 8.16. The number of aromatic nitrogens is 1. The van der Waals surface area contributed by atoms with Crippen molar-refractivity contribution in [2.75, 3.05) is 11.9 Å². The molecule has 6 aromatic rings. The lowest BCUT2D eigenvalue weighted by molar-refractivity contribution is -0.118. The maximum Gasteiger partial charge on any atom is 0.262 e. The van der Waals surface area contributed by atoms with Crippen LogP contribution in [0.25, 0.3) is 44.1 Å². The van der Waals surface area contributed by atoms with E-state index in [0.29, 0.717) is 33.4 Å². The zero-order chi connectivity index (χ0) is 23.8. The number of rotatable bonds is 5. The van der Waals surface area contributed by atoms with Crippen molar-refractivity contribution in [3.63, 3.8) is 0 Å². The van der Waals surface area contributed by atoms with Gasteiger partial charge in [0.25, 0.3) is 5.91 Å². The molecular weight excluding hydrogens is 460 g/mol. The van der Waals surface area contributed by atoms with Crippen LogP contribution < -0.4 is 10.1 Å². The van der Waals surface area contributed by atoms with E-state index < -0.39 is 0 Å². The van der Waals surface area contributed by atoms with Gasteiger partial charge in [0.15, 0.2) is 12.2 Å². The van der Waals surface area contributed by atoms with Crippen LogP contribution in [-0.4, -0.2) is 17.5 Å². The van der Waals surface area contributed by atoms with Crippen LogP contribution in [0.5, 0.6) is 5.75 Å². The van der Waals surface area contributed by atoms with E-state index in [0.717, 1.165) is 27.1 Å². The van der Waals surface area contributed by atoms with Crippen molar-refractivity contribution < 1.29 is 13.9 Å². The molecule has 0 atom stereocenters. The molecule has 6 heteroatoms. The minimum Gasteiger partial charge on any atom is -0.483 e. The number of nitrogens with zero attached hydrogens (tertiary/aromatic N) is 1. The van der Waals surface area contributed by atoms with Crippen molar-refractivity contribution in [3.05, 3.63) is 102 Å². The summed E-state index contributed by atoms with van der Waals surface area (Å²) in [7, 11) is 0. The smallest absolute Gasteiger partial charge is 0.262 e. The molecule has 0 unspecified atom stereocenters. The number of ether oxygens (including phenoxy) is 1. The number of oxazole rings is 1. The Morgan fingerprint density at radius 3 is 2.57 bits per heavy atom. The highest BCUT2D eigenvalue weighted by molar-refractivity contribution is 6.35. The molecule has 0 spiro atoms. The molecule has 0 saturated heterocycles. The Morgan fingerprint density at radius 2 is 1.63 bits per heavy atom. The molecule has 0 saturated carbocycles. The van der Waals surface area contributed by atoms with Crippen LogP contribution >= 0.6 is 11.6 Å². The number of anilines is 1. The van der Waals surface area contributed by atoms with Crippen molar-refractivity contribution >= 4 is 55.8 Å². The van der Waals surface area contributed by atoms with Crippen LogP contribution in [-0.2, 0) is 4.79 Å². The first-order valence-electron chi connectivity index (χ1n) is 11.1. The Morgan fingerprint density at radius 1 is 0.857 bits per heavy atom. The van der Waals surface area contributed by atoms with Gasteiger partial charge in [0, 0.05) is 27.0 Å². The van der Waals surface area contributed by atoms with Crippen LogP contribution in [0.4, 0.5) is 5.69 Å². The van der Waals surface area contributed by atoms with Crippen molar-refractivity contribution in [3.8, 4) is 17.2 Å². The quantitative estimate of drug-likeness (QED) is 0.279. The van der Waals surface area contributed by atoms with Crippen molar-refractivity contribution in [1.82, 2.24) is 4.98 Å². The Kier molecular flexibility index (Phi) is 5.32. The van der Waals surface area contributed by atoms with Crippen LogP contribution in [0, 0.1) is 0 Å². The van der Waals surface area contributed by atoms with Gasteiger partial charge in [-0.2, -0.15) is 0 Å². The average Bonchev–Trinajstić information content (AvgIpc) is 3.31. The number of amides is 1. The van der Waals surface area contributed by atoms with Gasteiger partial charge in [-0.05, 0) is 47.2 Å². The third-order valence-electron chi connectivity index (χ3n) is 5.88. The molecule has 0 aliphatic heterocycles. The van der Waals surface area contributed by atoms with E-state index >= 15 is 0 Å². The number of hydrogen-bond acceptors (Lipinski definition) is 4. The summed E-state index contributed by atoms with van der Waals surface area (Å²) in [6.45, 7) is -0.104. The predicted octanol–water partition coefficient (Wildman–Crippen LogP) is 7.47. The molecule has 0 aliphatic carbocycles. The van der Waals surface area contributed by atoms with Crippen LogP contribution in [0.15, 0.2) is 101 Å². The summed E-state index contributed by atoms with van der Waals surface area (Å²) in [5.74, 6) is 0.908. The van der Waals surface area contributed by atoms with Gasteiger partial charge in [0.2, 0.25) is 5.89 Å². The zero-order valence-electron chi connectivity index (χ0n) is 18.5. The molecule has 1 heterocycles. The molecule has 6 rings (SSSR count). The lowest BCUT2D eigenvalue weighted by Crippen LogP contribution is -2.20. The molecule has 0 radical (unpaired) electrons. The first kappa shape index (κ1) is 21.2. The summed E-state index contributed by atoms with van der Waals surface area (Å²) < 4.78 is 11.8. The number of halogens is 1. The number of nitrogens with one attached hydrogen (secondary N) is 1. The largest absolute Gasteiger partial charge is 0.483 e. The minimum atomic E-state index is -0.260. The van der Waals surface area contributed by atoms with Crippen molar-refractivity contribution in [2.45, 2.75) is 0 Å². The van der Waals surface area contributed by atoms with E-state index in [-0.39, 0.29) is 12.5 Å². The first-order valence-corrected chi connectivity index (χ1v) is 11.5. The van der Waals surface area contributed by atoms with E-state index in [1.165, 1.54) is 0 Å². The maximum atomic E-state index is 12.6. The summed E-state index contributed by atoms with van der Waals surface area (Å²) in [5.41, 5.74) is 2.75. The van der Waals surface area contributed by atoms with E-state index in [2.05, 4.69) is 10.3 Å². The van der Waals surface area contributed by atoms with Crippen LogP contribution in [0.2, 0.25) is 5.02 Å². The monoisotopic (exact) mass is 478 g/mol. The fourth-order valence-electron chi connectivity index (χ4n) is 4.24. The fourth-order valence-corrected chi connectivity index (χ4v) is 4.48. The molecule has 1 amide bonds. The third kappa shape index (κ3) is 4.07. The molecule has 170 valence electrons. The summed E-state index contributed by atoms with van der Waals surface area (Å²) >= 11 is 6.36. The van der Waals surface area contributed by atoms with Gasteiger partial charge in [0.1, 0.15) is 11.3 Å². The second-order valence-corrected chi connectivity index (χ2v) is 8.56. The van der Waals surface area contributed by atoms with E-state index in [1.807, 2.05) is 78.9 Å². The Hall–Kier alpha value is -4.35. The average molecular weight is 479 g/mol. The molecule has 1 N–H and O–H groups in total. The van der Waals surface area contributed by atoms with E-state index in [9.17, 15) is 4.79 Å². The minimum absolute atomic E-state index is 0.104. The summed E-state index contributed by atoms with van der Waals surface area (Å²) in [4.78, 5) is 17.2. The highest BCUT2D eigenvalue weighted by atomic mass is 35.5. The summed E-state index contributed by atoms with van der Waals surface area (Å²) in [5, 5.41) is 7.48. The number of hydrogen-bond donors (Lipinski definition) is 1. The van der Waals surface area contributed by atoms with Crippen molar-refractivity contribution in [2.24, 2.45) is 0 Å². The second kappa shape index (κ2) is 8.78. The number of benzene rings is 5.